The van der Waals surface area contributed by atoms with Crippen LogP contribution in [-0.4, -0.2) is 37.1 Å². The molecule has 88 valence electrons. The number of hydrogen-bond donors (Lipinski definition) is 0. The van der Waals surface area contributed by atoms with Gasteiger partial charge < -0.3 is 4.74 Å². The van der Waals surface area contributed by atoms with Gasteiger partial charge in [-0.3, -0.25) is 9.69 Å². The first-order chi connectivity index (χ1) is 7.15. The summed E-state index contributed by atoms with van der Waals surface area (Å²) < 4.78 is 5.51. The number of carbonyl (C=O) groups is 1. The van der Waals surface area contributed by atoms with Gasteiger partial charge in [0.05, 0.1) is 0 Å². The van der Waals surface area contributed by atoms with Gasteiger partial charge in [0.2, 0.25) is 0 Å². The van der Waals surface area contributed by atoms with E-state index in [0.717, 1.165) is 25.7 Å². The summed E-state index contributed by atoms with van der Waals surface area (Å²) in [7, 11) is 3.88. The van der Waals surface area contributed by atoms with Gasteiger partial charge in [0.1, 0.15) is 12.1 Å². The predicted molar refractivity (Wildman–Crippen MR) is 60.7 cm³/mol. The van der Waals surface area contributed by atoms with Crippen LogP contribution in [0.25, 0.3) is 0 Å². The summed E-state index contributed by atoms with van der Waals surface area (Å²) in [4.78, 5) is 13.8. The third kappa shape index (κ3) is 3.82. The van der Waals surface area contributed by atoms with Crippen LogP contribution in [0.3, 0.4) is 0 Å². The lowest BCUT2D eigenvalue weighted by Crippen LogP contribution is -2.38. The highest BCUT2D eigenvalue weighted by Crippen LogP contribution is 2.22. The number of esters is 1. The molecule has 0 heterocycles. The van der Waals surface area contributed by atoms with Crippen molar-refractivity contribution in [2.45, 2.75) is 57.6 Å². The number of hydrogen-bond acceptors (Lipinski definition) is 3. The zero-order chi connectivity index (χ0) is 11.3. The number of nitrogens with zero attached hydrogens (tertiary/aromatic N) is 1. The molecule has 3 nitrogen and oxygen atoms in total. The molecule has 1 aliphatic rings. The molecule has 0 amide bonds. The highest BCUT2D eigenvalue weighted by atomic mass is 16.5. The maximum Gasteiger partial charge on any atom is 0.323 e. The summed E-state index contributed by atoms with van der Waals surface area (Å²) in [6, 6.07) is -0.0596. The molecule has 0 spiro atoms. The Morgan fingerprint density at radius 1 is 1.40 bits per heavy atom. The minimum atomic E-state index is -0.0596. The van der Waals surface area contributed by atoms with E-state index in [1.807, 2.05) is 19.0 Å². The monoisotopic (exact) mass is 213 g/mol. The molecule has 15 heavy (non-hydrogen) atoms. The molecular formula is C12H23NO2. The zero-order valence-electron chi connectivity index (χ0n) is 10.2. The Balaban J connectivity index is 2.40. The van der Waals surface area contributed by atoms with Crippen molar-refractivity contribution in [2.24, 2.45) is 0 Å². The summed E-state index contributed by atoms with van der Waals surface area (Å²) in [6.07, 6.45) is 6.62. The van der Waals surface area contributed by atoms with E-state index in [1.165, 1.54) is 12.8 Å². The van der Waals surface area contributed by atoms with Crippen molar-refractivity contribution in [3.8, 4) is 0 Å². The SMILES string of the molecule is CCC[C@@H](C(=O)OC1CCCC1)N(C)C. The molecule has 0 aromatic carbocycles. The van der Waals surface area contributed by atoms with Gasteiger partial charge in [-0.05, 0) is 46.2 Å². The normalized spacial score (nSPS) is 19.5. The number of ether oxygens (including phenoxy) is 1. The highest BCUT2D eigenvalue weighted by Gasteiger charge is 2.26. The zero-order valence-corrected chi connectivity index (χ0v) is 10.2. The van der Waals surface area contributed by atoms with Crippen LogP contribution < -0.4 is 0 Å². The predicted octanol–water partition coefficient (Wildman–Crippen LogP) is 2.20. The Bertz CT molecular complexity index is 198. The average Bonchev–Trinajstić information content (AvgIpc) is 2.65. The van der Waals surface area contributed by atoms with Gasteiger partial charge in [-0.15, -0.1) is 0 Å². The molecule has 1 saturated carbocycles. The Morgan fingerprint density at radius 2 is 2.00 bits per heavy atom. The van der Waals surface area contributed by atoms with Gasteiger partial charge in [0.25, 0.3) is 0 Å². The van der Waals surface area contributed by atoms with Crippen LogP contribution in [0.1, 0.15) is 45.4 Å². The van der Waals surface area contributed by atoms with E-state index in [-0.39, 0.29) is 18.1 Å². The van der Waals surface area contributed by atoms with Crippen LogP contribution in [0, 0.1) is 0 Å². The summed E-state index contributed by atoms with van der Waals surface area (Å²) in [5.41, 5.74) is 0. The maximum absolute atomic E-state index is 11.9. The number of likely N-dealkylation sites (N-methyl/N-ethyl adjacent to an activating group) is 1. The van der Waals surface area contributed by atoms with Crippen molar-refractivity contribution in [1.29, 1.82) is 0 Å². The average molecular weight is 213 g/mol. The molecule has 0 aromatic rings. The van der Waals surface area contributed by atoms with Crippen LogP contribution in [0.5, 0.6) is 0 Å². The first kappa shape index (κ1) is 12.5. The molecule has 0 radical (unpaired) electrons. The second-order valence-electron chi connectivity index (χ2n) is 4.61. The lowest BCUT2D eigenvalue weighted by Gasteiger charge is -2.23. The number of rotatable bonds is 5. The van der Waals surface area contributed by atoms with Crippen LogP contribution >= 0.6 is 0 Å². The molecule has 0 unspecified atom stereocenters. The van der Waals surface area contributed by atoms with Gasteiger partial charge in [-0.1, -0.05) is 13.3 Å². The highest BCUT2D eigenvalue weighted by molar-refractivity contribution is 5.75. The lowest BCUT2D eigenvalue weighted by molar-refractivity contribution is -0.154. The van der Waals surface area contributed by atoms with Crippen molar-refractivity contribution in [3.05, 3.63) is 0 Å². The Hall–Kier alpha value is -0.570. The Kier molecular flexibility index (Phi) is 5.09. The third-order valence-corrected chi connectivity index (χ3v) is 3.04. The van der Waals surface area contributed by atoms with Crippen molar-refractivity contribution in [3.63, 3.8) is 0 Å². The van der Waals surface area contributed by atoms with Crippen LogP contribution in [-0.2, 0) is 9.53 Å². The summed E-state index contributed by atoms with van der Waals surface area (Å²) in [6.45, 7) is 2.10. The molecule has 0 saturated heterocycles. The molecule has 1 aliphatic carbocycles. The Labute approximate surface area is 92.8 Å². The minimum absolute atomic E-state index is 0.0336. The van der Waals surface area contributed by atoms with Crippen molar-refractivity contribution >= 4 is 5.97 Å². The van der Waals surface area contributed by atoms with Crippen LogP contribution in [0.4, 0.5) is 0 Å². The van der Waals surface area contributed by atoms with E-state index in [1.54, 1.807) is 0 Å². The lowest BCUT2D eigenvalue weighted by atomic mass is 10.1. The van der Waals surface area contributed by atoms with Gasteiger partial charge in [-0.2, -0.15) is 0 Å². The van der Waals surface area contributed by atoms with E-state index < -0.39 is 0 Å². The summed E-state index contributed by atoms with van der Waals surface area (Å²) in [5.74, 6) is -0.0336. The van der Waals surface area contributed by atoms with Gasteiger partial charge in [-0.25, -0.2) is 0 Å². The first-order valence-electron chi connectivity index (χ1n) is 6.02. The van der Waals surface area contributed by atoms with Crippen molar-refractivity contribution < 1.29 is 9.53 Å². The fraction of sp³-hybridized carbons (Fsp3) is 0.917. The number of carbonyl (C=O) groups excluding carboxylic acids is 1. The molecular weight excluding hydrogens is 190 g/mol. The molecule has 1 atom stereocenters. The van der Waals surface area contributed by atoms with Crippen molar-refractivity contribution in [1.82, 2.24) is 4.90 Å². The summed E-state index contributed by atoms with van der Waals surface area (Å²) >= 11 is 0. The molecule has 1 fully saturated rings. The summed E-state index contributed by atoms with van der Waals surface area (Å²) in [5, 5.41) is 0. The van der Waals surface area contributed by atoms with Gasteiger partial charge in [0, 0.05) is 0 Å². The molecule has 0 aromatic heterocycles. The fourth-order valence-electron chi connectivity index (χ4n) is 2.11. The molecule has 0 bridgehead atoms. The van der Waals surface area contributed by atoms with E-state index in [0.29, 0.717) is 0 Å². The quantitative estimate of drug-likeness (QED) is 0.656. The van der Waals surface area contributed by atoms with E-state index in [4.69, 9.17) is 4.74 Å². The first-order valence-corrected chi connectivity index (χ1v) is 6.02. The minimum Gasteiger partial charge on any atom is -0.461 e. The largest absolute Gasteiger partial charge is 0.461 e. The third-order valence-electron chi connectivity index (χ3n) is 3.04. The topological polar surface area (TPSA) is 29.5 Å². The van der Waals surface area contributed by atoms with Crippen molar-refractivity contribution in [2.75, 3.05) is 14.1 Å². The molecule has 1 rings (SSSR count). The van der Waals surface area contributed by atoms with Gasteiger partial charge >= 0.3 is 5.97 Å². The van der Waals surface area contributed by atoms with Crippen LogP contribution in [0.15, 0.2) is 0 Å². The molecule has 0 N–H and O–H groups in total. The Morgan fingerprint density at radius 3 is 2.47 bits per heavy atom. The van der Waals surface area contributed by atoms with E-state index in [2.05, 4.69) is 6.92 Å². The molecule has 3 heteroatoms. The maximum atomic E-state index is 11.9. The second kappa shape index (κ2) is 6.11. The van der Waals surface area contributed by atoms with E-state index >= 15 is 0 Å². The van der Waals surface area contributed by atoms with Gasteiger partial charge in [0.15, 0.2) is 0 Å². The van der Waals surface area contributed by atoms with Crippen LogP contribution in [0.2, 0.25) is 0 Å². The standard InChI is InChI=1S/C12H23NO2/c1-4-7-11(13(2)3)12(14)15-10-8-5-6-9-10/h10-11H,4-9H2,1-3H3/t11-/m0/s1. The fourth-order valence-corrected chi connectivity index (χ4v) is 2.11. The van der Waals surface area contributed by atoms with E-state index in [9.17, 15) is 4.79 Å². The molecule has 0 aliphatic heterocycles. The smallest absolute Gasteiger partial charge is 0.323 e. The second-order valence-corrected chi connectivity index (χ2v) is 4.61.